The Kier molecular flexibility index (Phi) is 7.20. The molecule has 0 unspecified atom stereocenters. The number of nitrogens with one attached hydrogen (secondary N) is 1. The van der Waals surface area contributed by atoms with E-state index in [4.69, 9.17) is 5.26 Å². The van der Waals surface area contributed by atoms with Crippen molar-refractivity contribution in [2.75, 3.05) is 16.8 Å². The van der Waals surface area contributed by atoms with E-state index in [1.807, 2.05) is 49.7 Å². The first-order valence-corrected chi connectivity index (χ1v) is 11.7. The van der Waals surface area contributed by atoms with Crippen LogP contribution in [0, 0.1) is 31.0 Å². The summed E-state index contributed by atoms with van der Waals surface area (Å²) in [5.74, 6) is -1.21. The average molecular weight is 500 g/mol. The number of rotatable bonds is 8. The van der Waals surface area contributed by atoms with Crippen molar-refractivity contribution in [3.8, 4) is 6.07 Å². The predicted octanol–water partition coefficient (Wildman–Crippen LogP) is 4.93. The molecule has 0 aliphatic carbocycles. The minimum absolute atomic E-state index is 0.0318. The van der Waals surface area contributed by atoms with E-state index < -0.39 is 11.8 Å². The molecule has 0 atom stereocenters. The fourth-order valence-corrected chi connectivity index (χ4v) is 4.17. The first-order valence-electron chi connectivity index (χ1n) is 11.7. The van der Waals surface area contributed by atoms with Crippen LogP contribution in [0.3, 0.4) is 0 Å². The van der Waals surface area contributed by atoms with Gasteiger partial charge in [0.25, 0.3) is 5.91 Å². The third-order valence-corrected chi connectivity index (χ3v) is 6.42. The zero-order chi connectivity index (χ0) is 26.7. The van der Waals surface area contributed by atoms with Crippen molar-refractivity contribution in [1.29, 1.82) is 5.26 Å². The molecular formula is C28H26FN5O3. The fourth-order valence-electron chi connectivity index (χ4n) is 4.17. The van der Waals surface area contributed by atoms with Crippen molar-refractivity contribution in [3.63, 3.8) is 0 Å². The number of aromatic nitrogens is 2. The number of aryl methyl sites for hydroxylation is 2. The summed E-state index contributed by atoms with van der Waals surface area (Å²) in [7, 11) is 1.83. The molecule has 1 aromatic heterocycles. The highest BCUT2D eigenvalue weighted by molar-refractivity contribution is 6.08. The minimum atomic E-state index is -0.987. The van der Waals surface area contributed by atoms with Crippen molar-refractivity contribution in [2.24, 2.45) is 7.05 Å². The molecule has 8 nitrogen and oxygen atoms in total. The molecule has 4 rings (SSSR count). The second-order valence-corrected chi connectivity index (χ2v) is 8.77. The largest absolute Gasteiger partial charge is 0.481 e. The molecule has 2 N–H and O–H groups in total. The molecular weight excluding hydrogens is 473 g/mol. The van der Waals surface area contributed by atoms with E-state index in [1.165, 1.54) is 23.1 Å². The normalized spacial score (nSPS) is 10.8. The first kappa shape index (κ1) is 25.4. The number of nitrogens with zero attached hydrogens (tertiary/aromatic N) is 4. The SMILES string of the molecule is Cc1cccc(N(CCC(=O)O)C(=O)c2ccc3c(c2)nc(CNc2ccc(C#N)cc2F)n3C)c1C. The molecule has 4 aromatic rings. The summed E-state index contributed by atoms with van der Waals surface area (Å²) in [6.45, 7) is 4.11. The van der Waals surface area contributed by atoms with Crippen molar-refractivity contribution < 1.29 is 19.1 Å². The van der Waals surface area contributed by atoms with Gasteiger partial charge in [-0.05, 0) is 67.4 Å². The van der Waals surface area contributed by atoms with Gasteiger partial charge in [-0.25, -0.2) is 9.37 Å². The lowest BCUT2D eigenvalue weighted by Crippen LogP contribution is -2.33. The van der Waals surface area contributed by atoms with E-state index in [2.05, 4.69) is 10.3 Å². The van der Waals surface area contributed by atoms with Crippen LogP contribution in [0.25, 0.3) is 11.0 Å². The molecule has 3 aromatic carbocycles. The number of carboxylic acid groups (broad SMARTS) is 1. The summed E-state index contributed by atoms with van der Waals surface area (Å²) in [5.41, 5.74) is 4.83. The lowest BCUT2D eigenvalue weighted by atomic mass is 10.1. The van der Waals surface area contributed by atoms with Gasteiger partial charge < -0.3 is 19.9 Å². The van der Waals surface area contributed by atoms with E-state index in [1.54, 1.807) is 18.2 Å². The molecule has 188 valence electrons. The lowest BCUT2D eigenvalue weighted by molar-refractivity contribution is -0.136. The Morgan fingerprint density at radius 1 is 1.16 bits per heavy atom. The molecule has 0 aliphatic heterocycles. The number of anilines is 2. The second kappa shape index (κ2) is 10.5. The van der Waals surface area contributed by atoms with Crippen LogP contribution >= 0.6 is 0 Å². The quantitative estimate of drug-likeness (QED) is 0.355. The van der Waals surface area contributed by atoms with Gasteiger partial charge >= 0.3 is 5.97 Å². The van der Waals surface area contributed by atoms with Crippen LogP contribution in [0.4, 0.5) is 15.8 Å². The number of imidazole rings is 1. The molecule has 9 heteroatoms. The van der Waals surface area contributed by atoms with Crippen molar-refractivity contribution in [3.05, 3.63) is 88.5 Å². The Hall–Kier alpha value is -4.71. The van der Waals surface area contributed by atoms with Crippen LogP contribution < -0.4 is 10.2 Å². The Labute approximate surface area is 213 Å². The minimum Gasteiger partial charge on any atom is -0.481 e. The van der Waals surface area contributed by atoms with E-state index >= 15 is 0 Å². The maximum absolute atomic E-state index is 14.2. The van der Waals surface area contributed by atoms with Crippen LogP contribution in [0.1, 0.15) is 39.3 Å². The monoisotopic (exact) mass is 499 g/mol. The topological polar surface area (TPSA) is 111 Å². The molecule has 0 fully saturated rings. The Morgan fingerprint density at radius 2 is 1.95 bits per heavy atom. The molecule has 1 heterocycles. The zero-order valence-corrected chi connectivity index (χ0v) is 20.7. The third kappa shape index (κ3) is 5.28. The summed E-state index contributed by atoms with van der Waals surface area (Å²) < 4.78 is 16.1. The summed E-state index contributed by atoms with van der Waals surface area (Å²) >= 11 is 0. The third-order valence-electron chi connectivity index (χ3n) is 6.42. The first-order chi connectivity index (χ1) is 17.7. The highest BCUT2D eigenvalue weighted by Crippen LogP contribution is 2.26. The van der Waals surface area contributed by atoms with Gasteiger partial charge in [0, 0.05) is 24.8 Å². The molecule has 0 radical (unpaired) electrons. The van der Waals surface area contributed by atoms with Gasteiger partial charge in [0.2, 0.25) is 0 Å². The van der Waals surface area contributed by atoms with E-state index in [9.17, 15) is 19.1 Å². The summed E-state index contributed by atoms with van der Waals surface area (Å²) in [5, 5.41) is 21.2. The predicted molar refractivity (Wildman–Crippen MR) is 139 cm³/mol. The van der Waals surface area contributed by atoms with E-state index in [0.717, 1.165) is 16.6 Å². The van der Waals surface area contributed by atoms with Gasteiger partial charge in [-0.2, -0.15) is 5.26 Å². The van der Waals surface area contributed by atoms with Crippen molar-refractivity contribution in [2.45, 2.75) is 26.8 Å². The highest BCUT2D eigenvalue weighted by atomic mass is 19.1. The zero-order valence-electron chi connectivity index (χ0n) is 20.7. The number of benzene rings is 3. The molecule has 37 heavy (non-hydrogen) atoms. The van der Waals surface area contributed by atoms with Gasteiger partial charge in [0.15, 0.2) is 0 Å². The molecule has 0 saturated heterocycles. The van der Waals surface area contributed by atoms with Gasteiger partial charge in [0.05, 0.1) is 41.3 Å². The van der Waals surface area contributed by atoms with Crippen molar-refractivity contribution >= 4 is 34.3 Å². The number of hydrogen-bond donors (Lipinski definition) is 2. The Morgan fingerprint density at radius 3 is 2.65 bits per heavy atom. The lowest BCUT2D eigenvalue weighted by Gasteiger charge is -2.25. The molecule has 0 aliphatic rings. The van der Waals surface area contributed by atoms with Crippen LogP contribution in [0.2, 0.25) is 0 Å². The molecule has 0 bridgehead atoms. The molecule has 0 saturated carbocycles. The van der Waals surface area contributed by atoms with Crippen LogP contribution in [0.15, 0.2) is 54.6 Å². The Bertz CT molecular complexity index is 1550. The maximum atomic E-state index is 14.2. The summed E-state index contributed by atoms with van der Waals surface area (Å²) in [6, 6.07) is 16.9. The van der Waals surface area contributed by atoms with E-state index in [-0.39, 0.29) is 36.7 Å². The van der Waals surface area contributed by atoms with Crippen molar-refractivity contribution in [1.82, 2.24) is 9.55 Å². The number of halogens is 1. The number of carboxylic acids is 1. The van der Waals surface area contributed by atoms with Gasteiger partial charge in [-0.15, -0.1) is 0 Å². The average Bonchev–Trinajstić information content (AvgIpc) is 3.20. The highest BCUT2D eigenvalue weighted by Gasteiger charge is 2.22. The molecule has 1 amide bonds. The fraction of sp³-hybridized carbons (Fsp3) is 0.214. The number of carbonyl (C=O) groups excluding carboxylic acids is 1. The summed E-state index contributed by atoms with van der Waals surface area (Å²) in [6.07, 6.45) is -0.188. The number of fused-ring (bicyclic) bond motifs is 1. The second-order valence-electron chi connectivity index (χ2n) is 8.77. The number of amides is 1. The van der Waals surface area contributed by atoms with Gasteiger partial charge in [0.1, 0.15) is 11.6 Å². The smallest absolute Gasteiger partial charge is 0.305 e. The summed E-state index contributed by atoms with van der Waals surface area (Å²) in [4.78, 5) is 31.0. The van der Waals surface area contributed by atoms with Gasteiger partial charge in [-0.1, -0.05) is 12.1 Å². The maximum Gasteiger partial charge on any atom is 0.305 e. The number of aliphatic carboxylic acids is 1. The number of carbonyl (C=O) groups is 2. The standard InChI is InChI=1S/C28H26FN5O3/c1-17-5-4-6-24(18(17)2)34(12-11-27(35)36)28(37)20-8-10-25-23(14-20)32-26(33(25)3)16-31-22-9-7-19(15-30)13-21(22)29/h4-10,13-14,31H,11-12,16H2,1-3H3,(H,35,36). The number of hydrogen-bond acceptors (Lipinski definition) is 5. The van der Waals surface area contributed by atoms with Crippen LogP contribution in [0.5, 0.6) is 0 Å². The molecule has 0 spiro atoms. The van der Waals surface area contributed by atoms with Crippen LogP contribution in [-0.2, 0) is 18.4 Å². The Balaban J connectivity index is 1.62. The number of nitriles is 1. The van der Waals surface area contributed by atoms with E-state index in [0.29, 0.717) is 22.6 Å². The van der Waals surface area contributed by atoms with Gasteiger partial charge in [-0.3, -0.25) is 9.59 Å². The van der Waals surface area contributed by atoms with Crippen LogP contribution in [-0.4, -0.2) is 33.1 Å².